The summed E-state index contributed by atoms with van der Waals surface area (Å²) in [6.45, 7) is 1.10. The molecule has 4 heterocycles. The first-order valence-electron chi connectivity index (χ1n) is 14.2. The largest absolute Gasteiger partial charge is 0.381 e. The van der Waals surface area contributed by atoms with Crippen LogP contribution in [0.2, 0.25) is 0 Å². The van der Waals surface area contributed by atoms with Crippen molar-refractivity contribution < 1.29 is 18.7 Å². The van der Waals surface area contributed by atoms with Crippen LogP contribution >= 0.6 is 0 Å². The summed E-state index contributed by atoms with van der Waals surface area (Å²) in [6.07, 6.45) is 5.19. The van der Waals surface area contributed by atoms with E-state index in [1.807, 2.05) is 48.5 Å². The van der Waals surface area contributed by atoms with Crippen LogP contribution in [-0.4, -0.2) is 51.7 Å². The fourth-order valence-corrected chi connectivity index (χ4v) is 5.66. The highest BCUT2D eigenvalue weighted by Crippen LogP contribution is 2.42. The lowest BCUT2D eigenvalue weighted by Gasteiger charge is -2.25. The van der Waals surface area contributed by atoms with E-state index in [1.165, 1.54) is 6.20 Å². The number of para-hydroxylation sites is 1. The number of aromatic nitrogens is 3. The minimum Gasteiger partial charge on any atom is -0.381 e. The van der Waals surface area contributed by atoms with Gasteiger partial charge in [0.25, 0.3) is 11.8 Å². The van der Waals surface area contributed by atoms with Crippen LogP contribution in [0.5, 0.6) is 0 Å². The number of benzene rings is 2. The molecule has 2 aromatic carbocycles. The van der Waals surface area contributed by atoms with Crippen molar-refractivity contribution in [3.63, 3.8) is 0 Å². The number of hydrogen-bond donors (Lipinski definition) is 2. The molecule has 212 valence electrons. The van der Waals surface area contributed by atoms with Gasteiger partial charge in [-0.2, -0.15) is 9.49 Å². The van der Waals surface area contributed by atoms with Gasteiger partial charge in [-0.1, -0.05) is 48.5 Å². The zero-order valence-corrected chi connectivity index (χ0v) is 22.8. The van der Waals surface area contributed by atoms with Crippen LogP contribution in [0.25, 0.3) is 11.3 Å². The van der Waals surface area contributed by atoms with Gasteiger partial charge in [0.2, 0.25) is 12.1 Å². The van der Waals surface area contributed by atoms with E-state index in [-0.39, 0.29) is 17.2 Å². The van der Waals surface area contributed by atoms with E-state index in [2.05, 4.69) is 20.7 Å². The average molecular weight is 565 g/mol. The molecule has 0 unspecified atom stereocenters. The third-order valence-electron chi connectivity index (χ3n) is 8.00. The van der Waals surface area contributed by atoms with E-state index in [4.69, 9.17) is 9.73 Å². The number of nitrogens with zero attached hydrogens (tertiary/aromatic N) is 4. The Kier molecular flexibility index (Phi) is 6.83. The van der Waals surface area contributed by atoms with Crippen molar-refractivity contribution in [2.45, 2.75) is 43.8 Å². The van der Waals surface area contributed by atoms with Crippen molar-refractivity contribution >= 4 is 23.2 Å². The number of amides is 2. The molecule has 7 rings (SSSR count). The molecule has 0 bridgehead atoms. The van der Waals surface area contributed by atoms with Gasteiger partial charge >= 0.3 is 0 Å². The average Bonchev–Trinajstić information content (AvgIpc) is 3.80. The van der Waals surface area contributed by atoms with Crippen LogP contribution in [0.3, 0.4) is 0 Å². The number of halogens is 1. The molecule has 1 atom stereocenters. The Labute approximate surface area is 241 Å². The van der Waals surface area contributed by atoms with E-state index in [0.29, 0.717) is 49.1 Å². The SMILES string of the molecule is O=C(N[C@H]1N=C(c2ccccc2)c2ccccc2NC1=O)c1cnn(C2CCOCC2)c1-c1cc(C2CC2)cnc1F. The summed E-state index contributed by atoms with van der Waals surface area (Å²) in [5.74, 6) is -1.39. The number of pyridine rings is 1. The molecule has 3 aliphatic rings. The topological polar surface area (TPSA) is 110 Å². The maximum atomic E-state index is 15.4. The van der Waals surface area contributed by atoms with Gasteiger partial charge in [0, 0.05) is 30.5 Å². The number of carbonyl (C=O) groups excluding carboxylic acids is 2. The van der Waals surface area contributed by atoms with Gasteiger partial charge < -0.3 is 15.4 Å². The Balaban J connectivity index is 1.28. The van der Waals surface area contributed by atoms with Gasteiger partial charge in [0.05, 0.1) is 40.5 Å². The number of nitrogens with one attached hydrogen (secondary N) is 2. The first kappa shape index (κ1) is 26.2. The maximum absolute atomic E-state index is 15.4. The number of benzodiazepines with no additional fused rings is 1. The smallest absolute Gasteiger partial charge is 0.269 e. The second kappa shape index (κ2) is 10.9. The summed E-state index contributed by atoms with van der Waals surface area (Å²) in [5.41, 5.74) is 4.37. The molecule has 0 spiro atoms. The summed E-state index contributed by atoms with van der Waals surface area (Å²) in [6, 6.07) is 18.6. The minimum atomic E-state index is -1.24. The molecule has 4 aromatic rings. The van der Waals surface area contributed by atoms with Crippen LogP contribution in [0.4, 0.5) is 10.1 Å². The molecule has 2 aliphatic heterocycles. The fraction of sp³-hybridized carbons (Fsp3) is 0.281. The van der Waals surface area contributed by atoms with E-state index >= 15 is 4.39 Å². The second-order valence-corrected chi connectivity index (χ2v) is 10.8. The molecule has 2 N–H and O–H groups in total. The molecule has 2 aromatic heterocycles. The number of anilines is 1. The third-order valence-corrected chi connectivity index (χ3v) is 8.00. The van der Waals surface area contributed by atoms with E-state index in [9.17, 15) is 9.59 Å². The highest BCUT2D eigenvalue weighted by molar-refractivity contribution is 6.20. The zero-order valence-electron chi connectivity index (χ0n) is 22.8. The Morgan fingerprint density at radius 3 is 2.52 bits per heavy atom. The third kappa shape index (κ3) is 4.98. The van der Waals surface area contributed by atoms with Gasteiger partial charge in [-0.25, -0.2) is 9.98 Å². The lowest BCUT2D eigenvalue weighted by molar-refractivity contribution is -0.117. The molecule has 2 amide bonds. The highest BCUT2D eigenvalue weighted by Gasteiger charge is 2.32. The number of aliphatic imine (C=N–C) groups is 1. The van der Waals surface area contributed by atoms with Gasteiger partial charge in [-0.3, -0.25) is 14.3 Å². The standard InChI is InChI=1S/C32H29FN6O3/c33-29-24(16-21(17-34-29)19-10-11-19)28-25(18-35-39(28)22-12-14-42-15-13-22)31(40)38-30-32(41)36-26-9-5-4-8-23(26)27(37-30)20-6-2-1-3-7-20/h1-9,16-19,22,30H,10-15H2,(H,36,41)(H,38,40)/t30-/m1/s1. The van der Waals surface area contributed by atoms with Crippen LogP contribution in [-0.2, 0) is 9.53 Å². The van der Waals surface area contributed by atoms with E-state index < -0.39 is 23.9 Å². The second-order valence-electron chi connectivity index (χ2n) is 10.8. The van der Waals surface area contributed by atoms with Crippen LogP contribution in [0, 0.1) is 5.95 Å². The fourth-order valence-electron chi connectivity index (χ4n) is 5.66. The van der Waals surface area contributed by atoms with Gasteiger partial charge in [0.1, 0.15) is 0 Å². The number of hydrogen-bond acceptors (Lipinski definition) is 6. The summed E-state index contributed by atoms with van der Waals surface area (Å²) in [4.78, 5) is 36.1. The molecule has 1 saturated carbocycles. The van der Waals surface area contributed by atoms with Gasteiger partial charge in [-0.05, 0) is 49.3 Å². The monoisotopic (exact) mass is 564 g/mol. The highest BCUT2D eigenvalue weighted by atomic mass is 19.1. The van der Waals surface area contributed by atoms with Crippen molar-refractivity contribution in [3.8, 4) is 11.3 Å². The Morgan fingerprint density at radius 2 is 1.74 bits per heavy atom. The van der Waals surface area contributed by atoms with Crippen LogP contribution in [0.1, 0.15) is 64.7 Å². The Bertz CT molecular complexity index is 1690. The number of ether oxygens (including phenoxy) is 1. The number of rotatable bonds is 6. The summed E-state index contributed by atoms with van der Waals surface area (Å²) < 4.78 is 22.6. The molecule has 2 fully saturated rings. The normalized spacial score (nSPS) is 18.9. The van der Waals surface area contributed by atoms with Crippen molar-refractivity contribution in [3.05, 3.63) is 101 Å². The van der Waals surface area contributed by atoms with Crippen LogP contribution < -0.4 is 10.6 Å². The molecule has 10 heteroatoms. The van der Waals surface area contributed by atoms with E-state index in [0.717, 1.165) is 29.5 Å². The molecule has 42 heavy (non-hydrogen) atoms. The molecule has 1 aliphatic carbocycles. The van der Waals surface area contributed by atoms with Crippen molar-refractivity contribution in [2.75, 3.05) is 18.5 Å². The summed E-state index contributed by atoms with van der Waals surface area (Å²) in [5, 5.41) is 10.3. The summed E-state index contributed by atoms with van der Waals surface area (Å²) >= 11 is 0. The molecule has 1 saturated heterocycles. The predicted molar refractivity (Wildman–Crippen MR) is 155 cm³/mol. The van der Waals surface area contributed by atoms with Crippen LogP contribution in [0.15, 0.2) is 78.0 Å². The molecule has 9 nitrogen and oxygen atoms in total. The van der Waals surface area contributed by atoms with Gasteiger partial charge in [0.15, 0.2) is 0 Å². The number of fused-ring (bicyclic) bond motifs is 1. The van der Waals surface area contributed by atoms with E-state index in [1.54, 1.807) is 23.0 Å². The van der Waals surface area contributed by atoms with Gasteiger partial charge in [-0.15, -0.1) is 0 Å². The van der Waals surface area contributed by atoms with Crippen molar-refractivity contribution in [1.29, 1.82) is 0 Å². The van der Waals surface area contributed by atoms with Crippen molar-refractivity contribution in [2.24, 2.45) is 4.99 Å². The first-order chi connectivity index (χ1) is 20.6. The molecular formula is C32H29FN6O3. The Morgan fingerprint density at radius 1 is 0.976 bits per heavy atom. The maximum Gasteiger partial charge on any atom is 0.269 e. The first-order valence-corrected chi connectivity index (χ1v) is 14.2. The molecular weight excluding hydrogens is 535 g/mol. The minimum absolute atomic E-state index is 0.0716. The summed E-state index contributed by atoms with van der Waals surface area (Å²) in [7, 11) is 0. The number of carbonyl (C=O) groups is 2. The Hall–Kier alpha value is -4.70. The lowest BCUT2D eigenvalue weighted by atomic mass is 10.0. The van der Waals surface area contributed by atoms with Crippen molar-refractivity contribution in [1.82, 2.24) is 20.1 Å². The molecule has 0 radical (unpaired) electrons. The quantitative estimate of drug-likeness (QED) is 0.325. The lowest BCUT2D eigenvalue weighted by Crippen LogP contribution is -2.42. The zero-order chi connectivity index (χ0) is 28.6. The predicted octanol–water partition coefficient (Wildman–Crippen LogP) is 4.86.